The minimum Gasteiger partial charge on any atom is -0.493 e. The lowest BCUT2D eigenvalue weighted by atomic mass is 10.1. The molecule has 1 amide bonds. The van der Waals surface area contributed by atoms with E-state index in [0.29, 0.717) is 22.8 Å². The highest BCUT2D eigenvalue weighted by molar-refractivity contribution is 6.36. The molecule has 1 N–H and O–H groups in total. The van der Waals surface area contributed by atoms with Crippen molar-refractivity contribution in [1.82, 2.24) is 5.43 Å². The Balaban J connectivity index is 1.89. The van der Waals surface area contributed by atoms with Crippen molar-refractivity contribution >= 4 is 41.3 Å². The number of nitrogens with zero attached hydrogens (tertiary/aromatic N) is 1. The van der Waals surface area contributed by atoms with Crippen molar-refractivity contribution in [2.24, 2.45) is 5.10 Å². The van der Waals surface area contributed by atoms with Crippen molar-refractivity contribution in [1.29, 1.82) is 0 Å². The van der Waals surface area contributed by atoms with Crippen LogP contribution in [0.15, 0.2) is 41.5 Å². The monoisotopic (exact) mass is 478 g/mol. The molecule has 6 nitrogen and oxygen atoms in total. The van der Waals surface area contributed by atoms with Crippen LogP contribution in [-0.2, 0) is 4.79 Å². The zero-order valence-electron chi connectivity index (χ0n) is 18.3. The van der Waals surface area contributed by atoms with E-state index in [4.69, 9.17) is 32.7 Å². The molecule has 2 rings (SSSR count). The van der Waals surface area contributed by atoms with Crippen molar-refractivity contribution in [3.63, 3.8) is 0 Å². The molecular weight excluding hydrogens is 451 g/mol. The molecule has 8 heteroatoms. The second-order valence-electron chi connectivity index (χ2n) is 7.23. The molecule has 0 heterocycles. The van der Waals surface area contributed by atoms with E-state index in [1.165, 1.54) is 44.7 Å². The van der Waals surface area contributed by atoms with Crippen molar-refractivity contribution in [2.75, 3.05) is 7.11 Å². The van der Waals surface area contributed by atoms with Gasteiger partial charge in [-0.3, -0.25) is 4.79 Å². The standard InChI is InChI=1S/C24H28Cl2N2O4/c1-3-4-5-6-7-8-9-23(29)28-27-16-17-10-13-21(22(14-17)31-2)32-24(30)19-12-11-18(25)15-20(19)26/h10-16H,3-9H2,1-2H3,(H,28,29). The van der Waals surface area contributed by atoms with Gasteiger partial charge in [-0.15, -0.1) is 0 Å². The number of hydrazone groups is 1. The van der Waals surface area contributed by atoms with Crippen molar-refractivity contribution in [3.05, 3.63) is 57.6 Å². The maximum Gasteiger partial charge on any atom is 0.345 e. The Bertz CT molecular complexity index is 948. The summed E-state index contributed by atoms with van der Waals surface area (Å²) in [6, 6.07) is 9.45. The van der Waals surface area contributed by atoms with Crippen LogP contribution >= 0.6 is 23.2 Å². The van der Waals surface area contributed by atoms with E-state index in [-0.39, 0.29) is 22.2 Å². The van der Waals surface area contributed by atoms with Gasteiger partial charge in [-0.2, -0.15) is 5.10 Å². The molecule has 2 aromatic rings. The van der Waals surface area contributed by atoms with Gasteiger partial charge in [0.25, 0.3) is 0 Å². The van der Waals surface area contributed by atoms with Gasteiger partial charge < -0.3 is 9.47 Å². The fraction of sp³-hybridized carbons (Fsp3) is 0.375. The molecule has 172 valence electrons. The fourth-order valence-electron chi connectivity index (χ4n) is 2.96. The van der Waals surface area contributed by atoms with E-state index in [2.05, 4.69) is 17.5 Å². The highest BCUT2D eigenvalue weighted by Crippen LogP contribution is 2.29. The summed E-state index contributed by atoms with van der Waals surface area (Å²) in [6.45, 7) is 2.18. The number of hydrogen-bond donors (Lipinski definition) is 1. The van der Waals surface area contributed by atoms with Crippen LogP contribution in [0, 0.1) is 0 Å². The predicted octanol–water partition coefficient (Wildman–Crippen LogP) is 6.42. The summed E-state index contributed by atoms with van der Waals surface area (Å²) in [4.78, 5) is 24.3. The van der Waals surface area contributed by atoms with E-state index < -0.39 is 5.97 Å². The molecule has 0 saturated carbocycles. The number of carbonyl (C=O) groups excluding carboxylic acids is 2. The number of halogens is 2. The number of benzene rings is 2. The largest absolute Gasteiger partial charge is 0.493 e. The molecule has 0 saturated heterocycles. The van der Waals surface area contributed by atoms with Gasteiger partial charge in [0.05, 0.1) is 23.9 Å². The highest BCUT2D eigenvalue weighted by atomic mass is 35.5. The molecular formula is C24H28Cl2N2O4. The summed E-state index contributed by atoms with van der Waals surface area (Å²) in [7, 11) is 1.46. The normalized spacial score (nSPS) is 10.9. The quantitative estimate of drug-likeness (QED) is 0.125. The lowest BCUT2D eigenvalue weighted by Gasteiger charge is -2.10. The number of hydrogen-bond acceptors (Lipinski definition) is 5. The van der Waals surface area contributed by atoms with Crippen LogP contribution in [0.2, 0.25) is 10.0 Å². The first-order valence-corrected chi connectivity index (χ1v) is 11.4. The number of esters is 1. The number of unbranched alkanes of at least 4 members (excludes halogenated alkanes) is 5. The molecule has 0 aromatic heterocycles. The van der Waals surface area contributed by atoms with Gasteiger partial charge in [0.1, 0.15) is 0 Å². The molecule has 0 radical (unpaired) electrons. The summed E-state index contributed by atoms with van der Waals surface area (Å²) in [5, 5.41) is 4.60. The highest BCUT2D eigenvalue weighted by Gasteiger charge is 2.16. The minimum absolute atomic E-state index is 0.117. The maximum atomic E-state index is 12.4. The average molecular weight is 479 g/mol. The first-order valence-electron chi connectivity index (χ1n) is 10.6. The van der Waals surface area contributed by atoms with E-state index in [1.54, 1.807) is 24.3 Å². The summed E-state index contributed by atoms with van der Waals surface area (Å²) in [6.07, 6.45) is 8.69. The van der Waals surface area contributed by atoms with E-state index in [1.807, 2.05) is 0 Å². The van der Waals surface area contributed by atoms with Gasteiger partial charge in [0.15, 0.2) is 11.5 Å². The zero-order chi connectivity index (χ0) is 23.3. The van der Waals surface area contributed by atoms with Crippen LogP contribution in [0.3, 0.4) is 0 Å². The number of methoxy groups -OCH3 is 1. The van der Waals surface area contributed by atoms with Crippen LogP contribution in [0.1, 0.15) is 67.8 Å². The van der Waals surface area contributed by atoms with E-state index >= 15 is 0 Å². The summed E-state index contributed by atoms with van der Waals surface area (Å²) >= 11 is 11.9. The predicted molar refractivity (Wildman–Crippen MR) is 128 cm³/mol. The Morgan fingerprint density at radius 2 is 1.75 bits per heavy atom. The Morgan fingerprint density at radius 3 is 2.47 bits per heavy atom. The molecule has 0 aliphatic heterocycles. The van der Waals surface area contributed by atoms with Crippen LogP contribution in [0.4, 0.5) is 0 Å². The second-order valence-corrected chi connectivity index (χ2v) is 8.08. The molecule has 32 heavy (non-hydrogen) atoms. The summed E-state index contributed by atoms with van der Waals surface area (Å²) in [5.74, 6) is -0.180. The number of amides is 1. The van der Waals surface area contributed by atoms with Crippen molar-refractivity contribution in [2.45, 2.75) is 51.9 Å². The average Bonchev–Trinajstić information content (AvgIpc) is 2.77. The Kier molecular flexibility index (Phi) is 11.0. The van der Waals surface area contributed by atoms with Gasteiger partial charge in [0, 0.05) is 11.4 Å². The summed E-state index contributed by atoms with van der Waals surface area (Å²) in [5.41, 5.74) is 3.39. The van der Waals surface area contributed by atoms with E-state index in [9.17, 15) is 9.59 Å². The van der Waals surface area contributed by atoms with Gasteiger partial charge in [-0.05, 0) is 48.4 Å². The SMILES string of the molecule is CCCCCCCCC(=O)NN=Cc1ccc(OC(=O)c2ccc(Cl)cc2Cl)c(OC)c1. The topological polar surface area (TPSA) is 77.0 Å². The molecule has 0 bridgehead atoms. The molecule has 0 fully saturated rings. The third-order valence-electron chi connectivity index (χ3n) is 4.70. The first-order chi connectivity index (χ1) is 15.4. The van der Waals surface area contributed by atoms with Gasteiger partial charge in [-0.25, -0.2) is 10.2 Å². The first kappa shape index (κ1) is 25.7. The number of rotatable bonds is 12. The zero-order valence-corrected chi connectivity index (χ0v) is 19.8. The smallest absolute Gasteiger partial charge is 0.345 e. The van der Waals surface area contributed by atoms with Crippen molar-refractivity contribution in [3.8, 4) is 11.5 Å². The van der Waals surface area contributed by atoms with Gasteiger partial charge in [0.2, 0.25) is 5.91 Å². The molecule has 0 aliphatic rings. The van der Waals surface area contributed by atoms with Crippen LogP contribution in [-0.4, -0.2) is 25.2 Å². The third kappa shape index (κ3) is 8.52. The Morgan fingerprint density at radius 1 is 1.00 bits per heavy atom. The fourth-order valence-corrected chi connectivity index (χ4v) is 3.44. The maximum absolute atomic E-state index is 12.4. The Hall–Kier alpha value is -2.57. The lowest BCUT2D eigenvalue weighted by Crippen LogP contribution is -2.16. The van der Waals surface area contributed by atoms with Gasteiger partial charge in [-0.1, -0.05) is 62.2 Å². The molecule has 2 aromatic carbocycles. The third-order valence-corrected chi connectivity index (χ3v) is 5.25. The minimum atomic E-state index is -0.631. The van der Waals surface area contributed by atoms with E-state index in [0.717, 1.165) is 19.3 Å². The molecule has 0 spiro atoms. The molecule has 0 aliphatic carbocycles. The summed E-state index contributed by atoms with van der Waals surface area (Å²) < 4.78 is 10.7. The Labute approximate surface area is 198 Å². The number of carbonyl (C=O) groups is 2. The molecule has 0 atom stereocenters. The van der Waals surface area contributed by atoms with Crippen molar-refractivity contribution < 1.29 is 19.1 Å². The number of ether oxygens (including phenoxy) is 2. The lowest BCUT2D eigenvalue weighted by molar-refractivity contribution is -0.121. The number of nitrogens with one attached hydrogen (secondary N) is 1. The van der Waals surface area contributed by atoms with Crippen LogP contribution < -0.4 is 14.9 Å². The molecule has 0 unspecified atom stereocenters. The van der Waals surface area contributed by atoms with Crippen LogP contribution in [0.25, 0.3) is 0 Å². The second kappa shape index (κ2) is 13.8. The van der Waals surface area contributed by atoms with Crippen LogP contribution in [0.5, 0.6) is 11.5 Å². The van der Waals surface area contributed by atoms with Gasteiger partial charge >= 0.3 is 5.97 Å².